The van der Waals surface area contributed by atoms with E-state index < -0.39 is 11.6 Å². The molecule has 3 nitrogen and oxygen atoms in total. The molecule has 0 aliphatic carbocycles. The van der Waals surface area contributed by atoms with Crippen LogP contribution in [0.4, 0.5) is 14.5 Å². The molecule has 0 spiro atoms. The maximum absolute atomic E-state index is 13.4. The molecule has 0 saturated carbocycles. The fraction of sp³-hybridized carbons (Fsp3) is 0.188. The topological polar surface area (TPSA) is 41.1 Å². The number of anilines is 1. The molecule has 0 fully saturated rings. The lowest BCUT2D eigenvalue weighted by Crippen LogP contribution is -2.29. The van der Waals surface area contributed by atoms with Crippen LogP contribution in [0.1, 0.15) is 5.56 Å². The first-order valence-electron chi connectivity index (χ1n) is 6.74. The highest BCUT2D eigenvalue weighted by Crippen LogP contribution is 2.14. The molecule has 0 unspecified atom stereocenters. The van der Waals surface area contributed by atoms with Crippen LogP contribution in [-0.4, -0.2) is 19.0 Å². The minimum absolute atomic E-state index is 0.0362. The van der Waals surface area contributed by atoms with Crippen LogP contribution in [-0.2, 0) is 11.2 Å². The van der Waals surface area contributed by atoms with E-state index in [4.69, 9.17) is 11.6 Å². The number of amides is 1. The van der Waals surface area contributed by atoms with E-state index in [-0.39, 0.29) is 18.1 Å². The molecule has 1 amide bonds. The lowest BCUT2D eigenvalue weighted by Gasteiger charge is -2.08. The summed E-state index contributed by atoms with van der Waals surface area (Å²) in [4.78, 5) is 11.7. The fourth-order valence-electron chi connectivity index (χ4n) is 1.87. The molecule has 0 aliphatic heterocycles. The molecule has 0 radical (unpaired) electrons. The van der Waals surface area contributed by atoms with Gasteiger partial charge in [-0.3, -0.25) is 4.79 Å². The van der Waals surface area contributed by atoms with Crippen molar-refractivity contribution in [1.82, 2.24) is 5.32 Å². The third-order valence-electron chi connectivity index (χ3n) is 2.99. The molecule has 2 aromatic carbocycles. The summed E-state index contributed by atoms with van der Waals surface area (Å²) in [5.74, 6) is -1.87. The van der Waals surface area contributed by atoms with Gasteiger partial charge in [-0.15, -0.1) is 0 Å². The number of carbonyl (C=O) groups is 1. The van der Waals surface area contributed by atoms with Gasteiger partial charge in [0.1, 0.15) is 11.6 Å². The molecular weight excluding hydrogens is 310 g/mol. The minimum atomic E-state index is -0.797. The van der Waals surface area contributed by atoms with Gasteiger partial charge in [0.05, 0.1) is 12.2 Å². The van der Waals surface area contributed by atoms with Crippen molar-refractivity contribution in [3.63, 3.8) is 0 Å². The smallest absolute Gasteiger partial charge is 0.238 e. The van der Waals surface area contributed by atoms with Crippen LogP contribution in [0.25, 0.3) is 0 Å². The lowest BCUT2D eigenvalue weighted by molar-refractivity contribution is -0.115. The van der Waals surface area contributed by atoms with Crippen molar-refractivity contribution in [2.75, 3.05) is 18.4 Å². The minimum Gasteiger partial charge on any atom is -0.322 e. The van der Waals surface area contributed by atoms with Gasteiger partial charge in [-0.05, 0) is 42.8 Å². The highest BCUT2D eigenvalue weighted by molar-refractivity contribution is 6.30. The Morgan fingerprint density at radius 3 is 2.50 bits per heavy atom. The molecule has 6 heteroatoms. The number of hydrogen-bond acceptors (Lipinski definition) is 2. The molecule has 0 aliphatic rings. The van der Waals surface area contributed by atoms with Gasteiger partial charge in [0, 0.05) is 11.1 Å². The molecule has 0 aromatic heterocycles. The summed E-state index contributed by atoms with van der Waals surface area (Å²) < 4.78 is 26.1. The Morgan fingerprint density at radius 1 is 1.09 bits per heavy atom. The van der Waals surface area contributed by atoms with Crippen LogP contribution < -0.4 is 10.6 Å². The second-order valence-electron chi connectivity index (χ2n) is 4.73. The predicted octanol–water partition coefficient (Wildman–Crippen LogP) is 3.39. The highest BCUT2D eigenvalue weighted by Gasteiger charge is 2.07. The first-order chi connectivity index (χ1) is 10.5. The number of halogens is 3. The summed E-state index contributed by atoms with van der Waals surface area (Å²) >= 11 is 5.79. The van der Waals surface area contributed by atoms with Crippen molar-refractivity contribution in [3.05, 3.63) is 64.7 Å². The van der Waals surface area contributed by atoms with E-state index in [0.29, 0.717) is 11.6 Å². The first kappa shape index (κ1) is 16.4. The molecule has 2 N–H and O–H groups in total. The SMILES string of the molecule is O=C(CNCCc1ccc(Cl)cc1)Nc1ccc(F)cc1F. The number of rotatable bonds is 6. The summed E-state index contributed by atoms with van der Waals surface area (Å²) in [7, 11) is 0. The van der Waals surface area contributed by atoms with Gasteiger partial charge >= 0.3 is 0 Å². The predicted molar refractivity (Wildman–Crippen MR) is 83.0 cm³/mol. The van der Waals surface area contributed by atoms with Gasteiger partial charge in [-0.2, -0.15) is 0 Å². The largest absolute Gasteiger partial charge is 0.322 e. The Morgan fingerprint density at radius 2 is 1.82 bits per heavy atom. The van der Waals surface area contributed by atoms with Gasteiger partial charge in [0.2, 0.25) is 5.91 Å². The average molecular weight is 325 g/mol. The van der Waals surface area contributed by atoms with Gasteiger partial charge in [0.15, 0.2) is 0 Å². The van der Waals surface area contributed by atoms with Crippen molar-refractivity contribution < 1.29 is 13.6 Å². The number of benzene rings is 2. The van der Waals surface area contributed by atoms with E-state index in [1.165, 1.54) is 6.07 Å². The lowest BCUT2D eigenvalue weighted by atomic mass is 10.1. The molecule has 0 bridgehead atoms. The van der Waals surface area contributed by atoms with E-state index in [2.05, 4.69) is 10.6 Å². The zero-order chi connectivity index (χ0) is 15.9. The maximum atomic E-state index is 13.4. The molecule has 0 atom stereocenters. The molecule has 2 aromatic rings. The number of hydrogen-bond donors (Lipinski definition) is 2. The quantitative estimate of drug-likeness (QED) is 0.800. The van der Waals surface area contributed by atoms with E-state index in [1.807, 2.05) is 12.1 Å². The summed E-state index contributed by atoms with van der Waals surface area (Å²) in [5, 5.41) is 6.02. The zero-order valence-corrected chi connectivity index (χ0v) is 12.5. The molecular formula is C16H15ClF2N2O. The fourth-order valence-corrected chi connectivity index (χ4v) is 2.00. The summed E-state index contributed by atoms with van der Waals surface area (Å²) in [6.45, 7) is 0.644. The third-order valence-corrected chi connectivity index (χ3v) is 3.25. The molecule has 22 heavy (non-hydrogen) atoms. The Balaban J connectivity index is 1.72. The van der Waals surface area contributed by atoms with Crippen molar-refractivity contribution in [2.24, 2.45) is 0 Å². The highest BCUT2D eigenvalue weighted by atomic mass is 35.5. The number of nitrogens with one attached hydrogen (secondary N) is 2. The zero-order valence-electron chi connectivity index (χ0n) is 11.7. The summed E-state index contributed by atoms with van der Waals surface area (Å²) in [6, 6.07) is 10.4. The standard InChI is InChI=1S/C16H15ClF2N2O/c17-12-3-1-11(2-4-12)7-8-20-10-16(22)21-15-6-5-13(18)9-14(15)19/h1-6,9,20H,7-8,10H2,(H,21,22). The van der Waals surface area contributed by atoms with Gasteiger partial charge < -0.3 is 10.6 Å². The maximum Gasteiger partial charge on any atom is 0.238 e. The second-order valence-corrected chi connectivity index (χ2v) is 5.16. The van der Waals surface area contributed by atoms with Crippen LogP contribution in [0.15, 0.2) is 42.5 Å². The van der Waals surface area contributed by atoms with Crippen LogP contribution >= 0.6 is 11.6 Å². The molecule has 0 saturated heterocycles. The van der Waals surface area contributed by atoms with Crippen LogP contribution in [0.2, 0.25) is 5.02 Å². The average Bonchev–Trinajstić information content (AvgIpc) is 2.48. The van der Waals surface area contributed by atoms with Crippen LogP contribution in [0.3, 0.4) is 0 Å². The van der Waals surface area contributed by atoms with Crippen molar-refractivity contribution in [1.29, 1.82) is 0 Å². The van der Waals surface area contributed by atoms with Gasteiger partial charge in [-0.1, -0.05) is 23.7 Å². The molecule has 2 rings (SSSR count). The Kier molecular flexibility index (Phi) is 5.86. The van der Waals surface area contributed by atoms with Crippen molar-refractivity contribution >= 4 is 23.2 Å². The first-order valence-corrected chi connectivity index (χ1v) is 7.12. The van der Waals surface area contributed by atoms with E-state index in [9.17, 15) is 13.6 Å². The molecule has 116 valence electrons. The van der Waals surface area contributed by atoms with E-state index >= 15 is 0 Å². The normalized spacial score (nSPS) is 10.5. The van der Waals surface area contributed by atoms with Crippen molar-refractivity contribution in [3.8, 4) is 0 Å². The monoisotopic (exact) mass is 324 g/mol. The second kappa shape index (κ2) is 7.87. The Bertz CT molecular complexity index is 647. The van der Waals surface area contributed by atoms with Gasteiger partial charge in [-0.25, -0.2) is 8.78 Å². The van der Waals surface area contributed by atoms with Crippen LogP contribution in [0, 0.1) is 11.6 Å². The van der Waals surface area contributed by atoms with E-state index in [1.54, 1.807) is 12.1 Å². The Hall–Kier alpha value is -1.98. The van der Waals surface area contributed by atoms with Gasteiger partial charge in [0.25, 0.3) is 0 Å². The molecule has 0 heterocycles. The van der Waals surface area contributed by atoms with E-state index in [0.717, 1.165) is 24.1 Å². The summed E-state index contributed by atoms with van der Waals surface area (Å²) in [6.07, 6.45) is 0.745. The summed E-state index contributed by atoms with van der Waals surface area (Å²) in [5.41, 5.74) is 1.06. The number of carbonyl (C=O) groups excluding carboxylic acids is 1. The Labute approximate surface area is 132 Å². The van der Waals surface area contributed by atoms with Crippen LogP contribution in [0.5, 0.6) is 0 Å². The van der Waals surface area contributed by atoms with Crippen molar-refractivity contribution in [2.45, 2.75) is 6.42 Å². The third kappa shape index (κ3) is 5.09.